The number of H-pyrrole nitrogens is 1. The maximum Gasteiger partial charge on any atom is 0.335 e. The second kappa shape index (κ2) is 4.61. The first-order valence-corrected chi connectivity index (χ1v) is 5.40. The van der Waals surface area contributed by atoms with E-state index in [-0.39, 0.29) is 28.0 Å². The Morgan fingerprint density at radius 2 is 1.85 bits per heavy atom. The Morgan fingerprint density at radius 3 is 2.35 bits per heavy atom. The number of methoxy groups -OCH3 is 1. The Hall–Kier alpha value is -2.97. The van der Waals surface area contributed by atoms with Gasteiger partial charge in [0.25, 0.3) is 5.43 Å². The largest absolute Gasteiger partial charge is 0.490 e. The molecule has 0 spiro atoms. The predicted molar refractivity (Wildman–Crippen MR) is 69.2 cm³/mol. The molecule has 9 heteroatoms. The number of aromatic amines is 1. The lowest BCUT2D eigenvalue weighted by Crippen LogP contribution is -2.12. The van der Waals surface area contributed by atoms with Gasteiger partial charge in [0, 0.05) is 12.1 Å². The lowest BCUT2D eigenvalue weighted by atomic mass is 10.1. The van der Waals surface area contributed by atoms with Crippen LogP contribution in [0.25, 0.3) is 10.9 Å². The molecule has 9 nitrogen and oxygen atoms in total. The van der Waals surface area contributed by atoms with Crippen LogP contribution in [-0.4, -0.2) is 21.9 Å². The van der Waals surface area contributed by atoms with Crippen LogP contribution in [0.15, 0.2) is 16.9 Å². The molecular formula is C11H9N3O6. The standard InChI is InChI=1S/C11H9N3O6/c1-5-10(14(18)19)11(15)6-3-9(20-2)8(13(16)17)4-7(6)12-5/h3-4H,1-2H3,(H,12,15). The van der Waals surface area contributed by atoms with Gasteiger partial charge in [0.1, 0.15) is 0 Å². The quantitative estimate of drug-likeness (QED) is 0.672. The second-order valence-electron chi connectivity index (χ2n) is 4.01. The van der Waals surface area contributed by atoms with Gasteiger partial charge in [-0.2, -0.15) is 0 Å². The number of ether oxygens (including phenoxy) is 1. The fourth-order valence-corrected chi connectivity index (χ4v) is 1.94. The van der Waals surface area contributed by atoms with Crippen LogP contribution in [0.1, 0.15) is 5.69 Å². The fraction of sp³-hybridized carbons (Fsp3) is 0.182. The summed E-state index contributed by atoms with van der Waals surface area (Å²) in [5, 5.41) is 21.7. The van der Waals surface area contributed by atoms with Gasteiger partial charge in [-0.25, -0.2) is 0 Å². The number of aromatic nitrogens is 1. The highest BCUT2D eigenvalue weighted by molar-refractivity contribution is 5.85. The molecule has 0 radical (unpaired) electrons. The Balaban J connectivity index is 2.94. The summed E-state index contributed by atoms with van der Waals surface area (Å²) in [7, 11) is 1.21. The van der Waals surface area contributed by atoms with Crippen molar-refractivity contribution in [1.29, 1.82) is 0 Å². The van der Waals surface area contributed by atoms with E-state index in [9.17, 15) is 25.0 Å². The smallest absolute Gasteiger partial charge is 0.335 e. The van der Waals surface area contributed by atoms with Gasteiger partial charge in [0.2, 0.25) is 0 Å². The summed E-state index contributed by atoms with van der Waals surface area (Å²) in [6.45, 7) is 1.36. The number of pyridine rings is 1. The number of hydrogen-bond acceptors (Lipinski definition) is 6. The molecule has 0 aliphatic heterocycles. The first-order valence-electron chi connectivity index (χ1n) is 5.40. The molecule has 0 aliphatic rings. The number of fused-ring (bicyclic) bond motifs is 1. The third-order valence-corrected chi connectivity index (χ3v) is 2.84. The molecule has 0 amide bonds. The van der Waals surface area contributed by atoms with E-state index in [0.29, 0.717) is 0 Å². The maximum absolute atomic E-state index is 12.1. The van der Waals surface area contributed by atoms with Gasteiger partial charge >= 0.3 is 11.4 Å². The normalized spacial score (nSPS) is 10.5. The van der Waals surface area contributed by atoms with Crippen molar-refractivity contribution in [3.63, 3.8) is 0 Å². The van der Waals surface area contributed by atoms with E-state index >= 15 is 0 Å². The van der Waals surface area contributed by atoms with E-state index in [4.69, 9.17) is 4.74 Å². The van der Waals surface area contributed by atoms with E-state index in [1.807, 2.05) is 0 Å². The lowest BCUT2D eigenvalue weighted by molar-refractivity contribution is -0.386. The molecule has 20 heavy (non-hydrogen) atoms. The van der Waals surface area contributed by atoms with E-state index < -0.39 is 21.0 Å². The molecule has 2 aromatic rings. The highest BCUT2D eigenvalue weighted by Crippen LogP contribution is 2.31. The first kappa shape index (κ1) is 13.5. The molecule has 1 heterocycles. The summed E-state index contributed by atoms with van der Waals surface area (Å²) in [4.78, 5) is 35.0. The van der Waals surface area contributed by atoms with Crippen LogP contribution in [0, 0.1) is 27.2 Å². The summed E-state index contributed by atoms with van der Waals surface area (Å²) in [6.07, 6.45) is 0. The molecule has 0 saturated carbocycles. The number of benzene rings is 1. The van der Waals surface area contributed by atoms with Gasteiger partial charge in [-0.15, -0.1) is 0 Å². The highest BCUT2D eigenvalue weighted by Gasteiger charge is 2.23. The van der Waals surface area contributed by atoms with Crippen molar-refractivity contribution in [2.24, 2.45) is 0 Å². The minimum absolute atomic E-state index is 0.0342. The molecule has 0 unspecified atom stereocenters. The highest BCUT2D eigenvalue weighted by atomic mass is 16.6. The van der Waals surface area contributed by atoms with E-state index in [1.165, 1.54) is 14.0 Å². The Labute approximate surface area is 111 Å². The minimum atomic E-state index is -0.811. The number of aryl methyl sites for hydroxylation is 1. The molecular weight excluding hydrogens is 270 g/mol. The van der Waals surface area contributed by atoms with Crippen molar-refractivity contribution < 1.29 is 14.6 Å². The molecule has 0 bridgehead atoms. The Bertz CT molecular complexity index is 795. The monoisotopic (exact) mass is 279 g/mol. The SMILES string of the molecule is COc1cc2c(=O)c([N+](=O)[O-])c(C)[nH]c2cc1[N+](=O)[O-]. The summed E-state index contributed by atoms with van der Waals surface area (Å²) in [5.41, 5.74) is -1.55. The molecule has 0 saturated heterocycles. The fourth-order valence-electron chi connectivity index (χ4n) is 1.94. The molecule has 0 fully saturated rings. The van der Waals surface area contributed by atoms with Crippen molar-refractivity contribution >= 4 is 22.3 Å². The average molecular weight is 279 g/mol. The Morgan fingerprint density at radius 1 is 1.20 bits per heavy atom. The minimum Gasteiger partial charge on any atom is -0.490 e. The van der Waals surface area contributed by atoms with Crippen LogP contribution < -0.4 is 10.2 Å². The van der Waals surface area contributed by atoms with Crippen LogP contribution in [-0.2, 0) is 0 Å². The molecule has 2 rings (SSSR count). The third kappa shape index (κ3) is 1.94. The van der Waals surface area contributed by atoms with Gasteiger partial charge in [0.05, 0.1) is 33.6 Å². The number of nitro groups is 2. The van der Waals surface area contributed by atoms with Crippen LogP contribution in [0.4, 0.5) is 11.4 Å². The molecule has 0 atom stereocenters. The van der Waals surface area contributed by atoms with E-state index in [1.54, 1.807) is 0 Å². The zero-order valence-corrected chi connectivity index (χ0v) is 10.5. The van der Waals surface area contributed by atoms with Crippen LogP contribution in [0.5, 0.6) is 5.75 Å². The summed E-state index contributed by atoms with van der Waals surface area (Å²) < 4.78 is 4.84. The van der Waals surface area contributed by atoms with Gasteiger partial charge in [0.15, 0.2) is 5.75 Å². The molecule has 1 aromatic heterocycles. The van der Waals surface area contributed by atoms with Crippen molar-refractivity contribution in [2.45, 2.75) is 6.92 Å². The van der Waals surface area contributed by atoms with Crippen molar-refractivity contribution in [3.8, 4) is 5.75 Å². The van der Waals surface area contributed by atoms with Crippen molar-refractivity contribution in [3.05, 3.63) is 48.3 Å². The molecule has 1 aromatic carbocycles. The average Bonchev–Trinajstić information content (AvgIpc) is 2.36. The third-order valence-electron chi connectivity index (χ3n) is 2.84. The van der Waals surface area contributed by atoms with Crippen LogP contribution in [0.3, 0.4) is 0 Å². The van der Waals surface area contributed by atoms with Crippen molar-refractivity contribution in [1.82, 2.24) is 4.98 Å². The second-order valence-corrected chi connectivity index (χ2v) is 4.01. The number of nitrogens with zero attached hydrogens (tertiary/aromatic N) is 2. The number of hydrogen-bond donors (Lipinski definition) is 1. The van der Waals surface area contributed by atoms with Crippen molar-refractivity contribution in [2.75, 3.05) is 7.11 Å². The number of nitro benzene ring substituents is 1. The maximum atomic E-state index is 12.1. The van der Waals surface area contributed by atoms with Gasteiger partial charge in [-0.1, -0.05) is 0 Å². The zero-order chi connectivity index (χ0) is 15.0. The van der Waals surface area contributed by atoms with Crippen LogP contribution in [0.2, 0.25) is 0 Å². The lowest BCUT2D eigenvalue weighted by Gasteiger charge is -2.05. The predicted octanol–water partition coefficient (Wildman–Crippen LogP) is 1.66. The van der Waals surface area contributed by atoms with Crippen LogP contribution >= 0.6 is 0 Å². The summed E-state index contributed by atoms with van der Waals surface area (Å²) >= 11 is 0. The van der Waals surface area contributed by atoms with Gasteiger partial charge in [-0.05, 0) is 6.92 Å². The van der Waals surface area contributed by atoms with Gasteiger partial charge < -0.3 is 9.72 Å². The van der Waals surface area contributed by atoms with E-state index in [2.05, 4.69) is 4.98 Å². The molecule has 0 aliphatic carbocycles. The topological polar surface area (TPSA) is 128 Å². The van der Waals surface area contributed by atoms with Gasteiger partial charge in [-0.3, -0.25) is 25.0 Å². The first-order chi connectivity index (χ1) is 9.36. The zero-order valence-electron chi connectivity index (χ0n) is 10.5. The summed E-state index contributed by atoms with van der Waals surface area (Å²) in [5.74, 6) is -0.133. The Kier molecular flexibility index (Phi) is 3.10. The number of nitrogens with one attached hydrogen (secondary N) is 1. The number of rotatable bonds is 3. The van der Waals surface area contributed by atoms with E-state index in [0.717, 1.165) is 12.1 Å². The molecule has 104 valence electrons. The summed E-state index contributed by atoms with van der Waals surface area (Å²) in [6, 6.07) is 2.24. The molecule has 1 N–H and O–H groups in total.